The number of aliphatic carboxylic acids is 1. The molecule has 0 unspecified atom stereocenters. The van der Waals surface area contributed by atoms with Crippen LogP contribution in [0.15, 0.2) is 12.4 Å². The minimum absolute atomic E-state index is 0.0101. The predicted octanol–water partition coefficient (Wildman–Crippen LogP) is -2.63. The molecule has 0 radical (unpaired) electrons. The van der Waals surface area contributed by atoms with Crippen molar-refractivity contribution in [3.8, 4) is 0 Å². The van der Waals surface area contributed by atoms with Crippen molar-refractivity contribution in [2.24, 2.45) is 0 Å². The molecule has 1 aromatic rings. The van der Waals surface area contributed by atoms with Gasteiger partial charge in [0, 0.05) is 19.0 Å². The number of aliphatic hydroxyl groups excluding tert-OH is 6. The van der Waals surface area contributed by atoms with Gasteiger partial charge in [0.1, 0.15) is 24.4 Å². The van der Waals surface area contributed by atoms with Gasteiger partial charge in [-0.15, -0.1) is 0 Å². The second kappa shape index (κ2) is 11.9. The molecule has 0 bridgehead atoms. The van der Waals surface area contributed by atoms with E-state index in [1.807, 2.05) is 0 Å². The first kappa shape index (κ1) is 23.3. The van der Waals surface area contributed by atoms with Crippen molar-refractivity contribution in [2.45, 2.75) is 49.8 Å². The molecule has 0 fully saturated rings. The second-order valence-electron chi connectivity index (χ2n) is 5.98. The van der Waals surface area contributed by atoms with Crippen LogP contribution in [-0.2, 0) is 16.0 Å². The molecule has 0 aliphatic rings. The first-order chi connectivity index (χ1) is 12.8. The number of carbonyl (C=O) groups is 1. The average molecular weight is 390 g/mol. The molecule has 11 nitrogen and oxygen atoms in total. The molecule has 0 saturated heterocycles. The summed E-state index contributed by atoms with van der Waals surface area (Å²) in [5.41, 5.74) is 0.561. The van der Waals surface area contributed by atoms with E-state index >= 15 is 0 Å². The molecular weight excluding hydrogens is 364 g/mol. The number of carboxylic acids is 1. The van der Waals surface area contributed by atoms with Crippen molar-refractivity contribution in [1.82, 2.24) is 9.97 Å². The highest BCUT2D eigenvalue weighted by Crippen LogP contribution is 2.23. The van der Waals surface area contributed by atoms with E-state index in [2.05, 4.69) is 9.97 Å². The molecule has 0 spiro atoms. The Labute approximate surface area is 155 Å². The summed E-state index contributed by atoms with van der Waals surface area (Å²) in [6, 6.07) is 0. The van der Waals surface area contributed by atoms with Crippen molar-refractivity contribution in [3.05, 3.63) is 23.8 Å². The Bertz CT molecular complexity index is 557. The molecule has 1 rings (SSSR count). The Morgan fingerprint density at radius 3 is 2.11 bits per heavy atom. The molecule has 154 valence electrons. The normalized spacial score (nSPS) is 17.1. The van der Waals surface area contributed by atoms with Gasteiger partial charge in [-0.3, -0.25) is 14.8 Å². The Kier molecular flexibility index (Phi) is 10.3. The molecule has 1 aromatic heterocycles. The topological polar surface area (TPSA) is 194 Å². The standard InChI is InChI=1S/C16H26N2O9/c19-6-12(23)11(22)3-9-4-18-10(5-17-9)14(1-2-16(25)26)27-15(8-21)13(24)7-20/h4-5,11-15,19-24H,1-3,6-8H2,(H,25,26)/t11-,12+,13-,14+,15-/m0/s1. The van der Waals surface area contributed by atoms with Crippen LogP contribution in [0.5, 0.6) is 0 Å². The molecular formula is C16H26N2O9. The number of carboxylic acid groups (broad SMARTS) is 1. The zero-order chi connectivity index (χ0) is 20.4. The molecule has 7 N–H and O–H groups in total. The molecule has 11 heteroatoms. The Balaban J connectivity index is 2.89. The van der Waals surface area contributed by atoms with Crippen molar-refractivity contribution in [1.29, 1.82) is 0 Å². The number of hydrogen-bond acceptors (Lipinski definition) is 10. The molecule has 1 heterocycles. The molecule has 0 amide bonds. The monoisotopic (exact) mass is 390 g/mol. The summed E-state index contributed by atoms with van der Waals surface area (Å²) in [4.78, 5) is 19.0. The van der Waals surface area contributed by atoms with E-state index in [-0.39, 0.29) is 25.0 Å². The van der Waals surface area contributed by atoms with Crippen LogP contribution in [-0.4, -0.2) is 95.9 Å². The van der Waals surface area contributed by atoms with Crippen LogP contribution >= 0.6 is 0 Å². The fourth-order valence-electron chi connectivity index (χ4n) is 2.23. The minimum Gasteiger partial charge on any atom is -0.481 e. The van der Waals surface area contributed by atoms with Crippen LogP contribution in [0.4, 0.5) is 0 Å². The SMILES string of the molecule is O=C(O)CC[C@@H](O[C@@H](CO)[C@@H](O)CO)c1cnc(C[C@H](O)[C@H](O)CO)cn1. The highest BCUT2D eigenvalue weighted by atomic mass is 16.5. The van der Waals surface area contributed by atoms with Gasteiger partial charge in [-0.2, -0.15) is 0 Å². The van der Waals surface area contributed by atoms with Crippen molar-refractivity contribution in [2.75, 3.05) is 19.8 Å². The van der Waals surface area contributed by atoms with Gasteiger partial charge in [-0.05, 0) is 6.42 Å². The highest BCUT2D eigenvalue weighted by molar-refractivity contribution is 5.66. The summed E-state index contributed by atoms with van der Waals surface area (Å²) in [5, 5.41) is 64.7. The summed E-state index contributed by atoms with van der Waals surface area (Å²) in [5.74, 6) is -1.07. The molecule has 5 atom stereocenters. The molecule has 0 aliphatic heterocycles. The van der Waals surface area contributed by atoms with E-state index in [4.69, 9.17) is 20.1 Å². The average Bonchev–Trinajstić information content (AvgIpc) is 2.67. The summed E-state index contributed by atoms with van der Waals surface area (Å²) < 4.78 is 5.52. The van der Waals surface area contributed by atoms with Crippen LogP contribution in [0.2, 0.25) is 0 Å². The van der Waals surface area contributed by atoms with Gasteiger partial charge in [0.2, 0.25) is 0 Å². The molecule has 27 heavy (non-hydrogen) atoms. The third-order valence-corrected chi connectivity index (χ3v) is 3.86. The fourth-order valence-corrected chi connectivity index (χ4v) is 2.23. The van der Waals surface area contributed by atoms with Crippen molar-refractivity contribution < 1.29 is 45.3 Å². The summed E-state index contributed by atoms with van der Waals surface area (Å²) >= 11 is 0. The summed E-state index contributed by atoms with van der Waals surface area (Å²) in [6.45, 7) is -1.85. The number of aromatic nitrogens is 2. The van der Waals surface area contributed by atoms with Gasteiger partial charge in [0.05, 0.1) is 43.5 Å². The van der Waals surface area contributed by atoms with Gasteiger partial charge in [-0.1, -0.05) is 0 Å². The quantitative estimate of drug-likeness (QED) is 0.186. The van der Waals surface area contributed by atoms with Crippen LogP contribution in [0.25, 0.3) is 0 Å². The lowest BCUT2D eigenvalue weighted by Gasteiger charge is -2.25. The van der Waals surface area contributed by atoms with E-state index in [1.165, 1.54) is 12.4 Å². The van der Waals surface area contributed by atoms with Crippen LogP contribution in [0, 0.1) is 0 Å². The van der Waals surface area contributed by atoms with E-state index in [0.29, 0.717) is 5.69 Å². The summed E-state index contributed by atoms with van der Waals surface area (Å²) in [7, 11) is 0. The van der Waals surface area contributed by atoms with Gasteiger partial charge in [0.25, 0.3) is 0 Å². The molecule has 0 aromatic carbocycles. The van der Waals surface area contributed by atoms with Crippen molar-refractivity contribution in [3.63, 3.8) is 0 Å². The zero-order valence-electron chi connectivity index (χ0n) is 14.6. The molecule has 0 saturated carbocycles. The third kappa shape index (κ3) is 7.81. The number of aliphatic hydroxyl groups is 6. The van der Waals surface area contributed by atoms with E-state index in [1.54, 1.807) is 0 Å². The van der Waals surface area contributed by atoms with Crippen molar-refractivity contribution >= 4 is 5.97 Å². The first-order valence-electron chi connectivity index (χ1n) is 8.37. The maximum Gasteiger partial charge on any atom is 0.303 e. The second-order valence-corrected chi connectivity index (χ2v) is 5.98. The van der Waals surface area contributed by atoms with Gasteiger partial charge in [-0.25, -0.2) is 0 Å². The van der Waals surface area contributed by atoms with Gasteiger partial charge >= 0.3 is 5.97 Å². The fraction of sp³-hybridized carbons (Fsp3) is 0.688. The number of rotatable bonds is 13. The number of nitrogens with zero attached hydrogens (tertiary/aromatic N) is 2. The maximum absolute atomic E-state index is 10.8. The van der Waals surface area contributed by atoms with Crippen LogP contribution in [0.1, 0.15) is 30.3 Å². The van der Waals surface area contributed by atoms with E-state index in [0.717, 1.165) is 0 Å². The lowest BCUT2D eigenvalue weighted by molar-refractivity contribution is -0.140. The third-order valence-electron chi connectivity index (χ3n) is 3.86. The Hall–Kier alpha value is -1.73. The van der Waals surface area contributed by atoms with Gasteiger partial charge in [0.15, 0.2) is 0 Å². The summed E-state index contributed by atoms with van der Waals surface area (Å²) in [6.07, 6.45) is -3.69. The lowest BCUT2D eigenvalue weighted by atomic mass is 10.1. The Morgan fingerprint density at radius 2 is 1.63 bits per heavy atom. The number of hydrogen-bond donors (Lipinski definition) is 7. The van der Waals surface area contributed by atoms with E-state index < -0.39 is 56.3 Å². The van der Waals surface area contributed by atoms with Crippen LogP contribution in [0.3, 0.4) is 0 Å². The minimum atomic E-state index is -1.36. The van der Waals surface area contributed by atoms with Crippen LogP contribution < -0.4 is 0 Å². The number of ether oxygens (including phenoxy) is 1. The van der Waals surface area contributed by atoms with Gasteiger partial charge < -0.3 is 40.5 Å². The maximum atomic E-state index is 10.8. The Morgan fingerprint density at radius 1 is 0.963 bits per heavy atom. The smallest absolute Gasteiger partial charge is 0.303 e. The predicted molar refractivity (Wildman–Crippen MR) is 89.5 cm³/mol. The lowest BCUT2D eigenvalue weighted by Crippen LogP contribution is -2.36. The zero-order valence-corrected chi connectivity index (χ0v) is 14.6. The molecule has 0 aliphatic carbocycles. The largest absolute Gasteiger partial charge is 0.481 e. The van der Waals surface area contributed by atoms with E-state index in [9.17, 15) is 25.2 Å². The first-order valence-corrected chi connectivity index (χ1v) is 8.37. The highest BCUT2D eigenvalue weighted by Gasteiger charge is 2.26.